The van der Waals surface area contributed by atoms with Gasteiger partial charge in [0.25, 0.3) is 0 Å². The van der Waals surface area contributed by atoms with Crippen molar-refractivity contribution in [2.75, 3.05) is 12.4 Å². The van der Waals surface area contributed by atoms with Crippen LogP contribution < -0.4 is 15.4 Å². The van der Waals surface area contributed by atoms with Gasteiger partial charge in [-0.15, -0.1) is 0 Å². The Morgan fingerprint density at radius 2 is 1.79 bits per heavy atom. The summed E-state index contributed by atoms with van der Waals surface area (Å²) >= 11 is 0. The third-order valence-corrected chi connectivity index (χ3v) is 5.92. The number of aromatic nitrogens is 2. The first-order chi connectivity index (χ1) is 13.5. The number of anilines is 1. The Bertz CT molecular complexity index is 1050. The quantitative estimate of drug-likeness (QED) is 0.720. The first kappa shape index (κ1) is 20.8. The first-order valence-corrected chi connectivity index (χ1v) is 10.9. The van der Waals surface area contributed by atoms with Crippen LogP contribution in [0, 0.1) is 0 Å². The van der Waals surface area contributed by atoms with E-state index in [2.05, 4.69) is 15.7 Å². The smallest absolute Gasteiger partial charge is 0.314 e. The number of methoxy groups -OCH3 is 1. The van der Waals surface area contributed by atoms with E-state index in [9.17, 15) is 18.0 Å². The molecule has 2 amide bonds. The average molecular weight is 420 g/mol. The number of carbonyl (C=O) groups excluding carboxylic acids is 2. The summed E-state index contributed by atoms with van der Waals surface area (Å²) < 4.78 is 30.5. The molecule has 0 unspecified atom stereocenters. The first-order valence-electron chi connectivity index (χ1n) is 9.04. The molecule has 0 radical (unpaired) electrons. The number of amides is 2. The number of hydrogen-bond donors (Lipinski definition) is 2. The van der Waals surface area contributed by atoms with Crippen LogP contribution in [0.5, 0.6) is 5.75 Å². The van der Waals surface area contributed by atoms with Gasteiger partial charge >= 0.3 is 11.8 Å². The summed E-state index contributed by atoms with van der Waals surface area (Å²) in [7, 11) is -1.73. The van der Waals surface area contributed by atoms with Gasteiger partial charge in [0.2, 0.25) is 0 Å². The maximum atomic E-state index is 12.4. The number of fused-ring (bicyclic) bond motifs is 1. The van der Waals surface area contributed by atoms with Crippen molar-refractivity contribution in [3.05, 3.63) is 41.1 Å². The zero-order valence-corrected chi connectivity index (χ0v) is 17.6. The van der Waals surface area contributed by atoms with Crippen LogP contribution in [-0.4, -0.2) is 37.1 Å². The summed E-state index contributed by atoms with van der Waals surface area (Å²) in [6, 6.07) is 7.08. The van der Waals surface area contributed by atoms with Gasteiger partial charge in [-0.1, -0.05) is 12.1 Å². The van der Waals surface area contributed by atoms with E-state index >= 15 is 0 Å². The van der Waals surface area contributed by atoms with Crippen LogP contribution in [0.1, 0.15) is 37.6 Å². The lowest BCUT2D eigenvalue weighted by Crippen LogP contribution is -2.37. The zero-order valence-electron chi connectivity index (χ0n) is 16.8. The maximum Gasteiger partial charge on any atom is 0.314 e. The molecule has 0 saturated carbocycles. The Hall–Kier alpha value is -2.88. The minimum atomic E-state index is -3.29. The molecule has 10 heteroatoms. The molecule has 0 atom stereocenters. The van der Waals surface area contributed by atoms with Gasteiger partial charge in [-0.05, 0) is 38.5 Å². The zero-order chi connectivity index (χ0) is 21.4. The molecule has 0 spiro atoms. The normalized spacial score (nSPS) is 14.9. The predicted octanol–water partition coefficient (Wildman–Crippen LogP) is 1.33. The number of rotatable bonds is 4. The molecular formula is C19H24N4O5S. The Labute approximate surface area is 169 Å². The van der Waals surface area contributed by atoms with Crippen molar-refractivity contribution in [2.24, 2.45) is 0 Å². The minimum absolute atomic E-state index is 0.168. The maximum absolute atomic E-state index is 12.4. The number of nitrogens with one attached hydrogen (secondary N) is 2. The van der Waals surface area contributed by atoms with Crippen molar-refractivity contribution in [2.45, 2.75) is 44.4 Å². The van der Waals surface area contributed by atoms with E-state index in [0.29, 0.717) is 17.0 Å². The van der Waals surface area contributed by atoms with Gasteiger partial charge in [-0.2, -0.15) is 5.10 Å². The Kier molecular flexibility index (Phi) is 5.40. The van der Waals surface area contributed by atoms with Crippen molar-refractivity contribution < 1.29 is 22.7 Å². The fraction of sp³-hybridized carbons (Fsp3) is 0.421. The number of benzene rings is 1. The summed E-state index contributed by atoms with van der Waals surface area (Å²) in [5.74, 6) is -1.14. The van der Waals surface area contributed by atoms with Crippen molar-refractivity contribution in [1.29, 1.82) is 0 Å². The van der Waals surface area contributed by atoms with Gasteiger partial charge < -0.3 is 15.4 Å². The number of sulfone groups is 1. The summed E-state index contributed by atoms with van der Waals surface area (Å²) in [5.41, 5.74) is 1.15. The highest BCUT2D eigenvalue weighted by Crippen LogP contribution is 2.34. The Balaban J connectivity index is 1.73. The Morgan fingerprint density at radius 1 is 1.14 bits per heavy atom. The molecule has 1 aromatic carbocycles. The van der Waals surface area contributed by atoms with E-state index in [1.165, 1.54) is 0 Å². The fourth-order valence-electron chi connectivity index (χ4n) is 3.03. The molecule has 1 aromatic heterocycles. The van der Waals surface area contributed by atoms with Crippen molar-refractivity contribution >= 4 is 27.5 Å². The molecule has 0 aliphatic carbocycles. The highest BCUT2D eigenvalue weighted by atomic mass is 32.2. The predicted molar refractivity (Wildman–Crippen MR) is 107 cm³/mol. The van der Waals surface area contributed by atoms with Gasteiger partial charge in [0.05, 0.1) is 29.8 Å². The second-order valence-electron chi connectivity index (χ2n) is 7.87. The molecule has 2 heterocycles. The molecule has 0 bridgehead atoms. The third-order valence-electron chi connectivity index (χ3n) is 4.47. The number of carbonyl (C=O) groups is 2. The van der Waals surface area contributed by atoms with E-state index < -0.39 is 27.2 Å². The van der Waals surface area contributed by atoms with Crippen LogP contribution in [0.25, 0.3) is 0 Å². The highest BCUT2D eigenvalue weighted by Gasteiger charge is 2.35. The topological polar surface area (TPSA) is 119 Å². The molecule has 1 aliphatic rings. The Morgan fingerprint density at radius 3 is 2.38 bits per heavy atom. The summed E-state index contributed by atoms with van der Waals surface area (Å²) in [4.78, 5) is 24.7. The number of nitrogens with zero attached hydrogens (tertiary/aromatic N) is 2. The van der Waals surface area contributed by atoms with E-state index in [0.717, 1.165) is 5.56 Å². The highest BCUT2D eigenvalue weighted by molar-refractivity contribution is 7.90. The molecular weight excluding hydrogens is 396 g/mol. The second-order valence-corrected chi connectivity index (χ2v) is 9.94. The van der Waals surface area contributed by atoms with Crippen LogP contribution in [0.4, 0.5) is 5.82 Å². The van der Waals surface area contributed by atoms with Crippen molar-refractivity contribution in [3.8, 4) is 5.75 Å². The van der Waals surface area contributed by atoms with Gasteiger partial charge in [0.1, 0.15) is 11.6 Å². The molecule has 0 saturated heterocycles. The van der Waals surface area contributed by atoms with Gasteiger partial charge in [-0.25, -0.2) is 13.1 Å². The second kappa shape index (κ2) is 7.51. The molecule has 2 N–H and O–H groups in total. The van der Waals surface area contributed by atoms with Gasteiger partial charge in [0.15, 0.2) is 9.84 Å². The van der Waals surface area contributed by atoms with E-state index in [1.807, 2.05) is 20.8 Å². The molecule has 29 heavy (non-hydrogen) atoms. The molecule has 3 rings (SSSR count). The van der Waals surface area contributed by atoms with Crippen LogP contribution in [0.15, 0.2) is 24.3 Å². The van der Waals surface area contributed by atoms with Crippen molar-refractivity contribution in [1.82, 2.24) is 15.1 Å². The lowest BCUT2D eigenvalue weighted by Gasteiger charge is -2.23. The summed E-state index contributed by atoms with van der Waals surface area (Å²) in [5, 5.41) is 9.46. The molecule has 2 aromatic rings. The van der Waals surface area contributed by atoms with Gasteiger partial charge in [0, 0.05) is 12.1 Å². The third kappa shape index (κ3) is 4.58. The van der Waals surface area contributed by atoms with Crippen LogP contribution in [-0.2, 0) is 43.0 Å². The van der Waals surface area contributed by atoms with E-state index in [-0.39, 0.29) is 23.9 Å². The van der Waals surface area contributed by atoms with E-state index in [1.54, 1.807) is 36.1 Å². The number of hydrogen-bond acceptors (Lipinski definition) is 6. The average Bonchev–Trinajstić information content (AvgIpc) is 3.12. The monoisotopic (exact) mass is 420 g/mol. The van der Waals surface area contributed by atoms with Crippen LogP contribution >= 0.6 is 0 Å². The molecule has 0 fully saturated rings. The summed E-state index contributed by atoms with van der Waals surface area (Å²) in [6.07, 6.45) is 0. The fourth-order valence-corrected chi connectivity index (χ4v) is 4.52. The molecule has 156 valence electrons. The minimum Gasteiger partial charge on any atom is -0.497 e. The van der Waals surface area contributed by atoms with Gasteiger partial charge in [-0.3, -0.25) is 9.59 Å². The number of ether oxygens (including phenoxy) is 1. The molecule has 1 aliphatic heterocycles. The van der Waals surface area contributed by atoms with E-state index in [4.69, 9.17) is 4.74 Å². The van der Waals surface area contributed by atoms with Crippen LogP contribution in [0.3, 0.4) is 0 Å². The van der Waals surface area contributed by atoms with Crippen molar-refractivity contribution in [3.63, 3.8) is 0 Å². The standard InChI is InChI=1S/C19H24N4O5S/c1-19(2,3)23-16(14-10-29(26,27)11-15(14)22-23)21-18(25)17(24)20-9-12-5-7-13(28-4)8-6-12/h5-8H,9-11H2,1-4H3,(H,20,24)(H,21,25). The van der Waals surface area contributed by atoms with Crippen LogP contribution in [0.2, 0.25) is 0 Å². The summed E-state index contributed by atoms with van der Waals surface area (Å²) in [6.45, 7) is 5.80. The lowest BCUT2D eigenvalue weighted by atomic mass is 10.1. The largest absolute Gasteiger partial charge is 0.497 e. The SMILES string of the molecule is COc1ccc(CNC(=O)C(=O)Nc2c3c(nn2C(C)(C)C)CS(=O)(=O)C3)cc1. The molecule has 9 nitrogen and oxygen atoms in total. The lowest BCUT2D eigenvalue weighted by molar-refractivity contribution is -0.136.